The fourth-order valence-corrected chi connectivity index (χ4v) is 1.66. The first-order valence-corrected chi connectivity index (χ1v) is 4.27. The molecule has 1 fully saturated rings. The molecule has 4 heteroatoms. The predicted molar refractivity (Wildman–Crippen MR) is 45.5 cm³/mol. The summed E-state index contributed by atoms with van der Waals surface area (Å²) >= 11 is 0. The van der Waals surface area contributed by atoms with Crippen LogP contribution in [-0.2, 0) is 4.79 Å². The number of furan rings is 1. The zero-order valence-corrected chi connectivity index (χ0v) is 7.06. The maximum absolute atomic E-state index is 10.6. The van der Waals surface area contributed by atoms with E-state index in [1.165, 1.54) is 0 Å². The maximum Gasteiger partial charge on any atom is 0.320 e. The van der Waals surface area contributed by atoms with E-state index in [1.54, 1.807) is 6.26 Å². The molecule has 2 unspecified atom stereocenters. The Bertz CT molecular complexity index is 294. The van der Waals surface area contributed by atoms with Crippen LogP contribution >= 0.6 is 0 Å². The molecule has 70 valence electrons. The molecule has 1 saturated heterocycles. The molecule has 1 aliphatic rings. The van der Waals surface area contributed by atoms with E-state index in [-0.39, 0.29) is 5.92 Å². The summed E-state index contributed by atoms with van der Waals surface area (Å²) in [5.41, 5.74) is 0. The molecule has 2 atom stereocenters. The van der Waals surface area contributed by atoms with Gasteiger partial charge in [-0.2, -0.15) is 0 Å². The van der Waals surface area contributed by atoms with Crippen molar-refractivity contribution in [1.29, 1.82) is 0 Å². The smallest absolute Gasteiger partial charge is 0.320 e. The Balaban J connectivity index is 2.03. The second-order valence-electron chi connectivity index (χ2n) is 3.25. The van der Waals surface area contributed by atoms with Crippen molar-refractivity contribution in [3.63, 3.8) is 0 Å². The Kier molecular flexibility index (Phi) is 2.06. The predicted octanol–water partition coefficient (Wildman–Crippen LogP) is 0.810. The van der Waals surface area contributed by atoms with Crippen molar-refractivity contribution in [3.05, 3.63) is 24.2 Å². The van der Waals surface area contributed by atoms with E-state index in [2.05, 4.69) is 5.32 Å². The minimum Gasteiger partial charge on any atom is -0.480 e. The van der Waals surface area contributed by atoms with Crippen LogP contribution in [0.4, 0.5) is 0 Å². The van der Waals surface area contributed by atoms with Gasteiger partial charge in [0.25, 0.3) is 0 Å². The van der Waals surface area contributed by atoms with E-state index in [9.17, 15) is 4.79 Å². The average Bonchev–Trinajstić information content (AvgIpc) is 2.75. The molecule has 13 heavy (non-hydrogen) atoms. The first-order valence-electron chi connectivity index (χ1n) is 4.27. The molecular weight excluding hydrogens is 170 g/mol. The molecule has 0 aliphatic carbocycles. The number of aliphatic carboxylic acids is 1. The van der Waals surface area contributed by atoms with Crippen LogP contribution in [0.25, 0.3) is 0 Å². The molecule has 4 nitrogen and oxygen atoms in total. The molecule has 1 aliphatic heterocycles. The van der Waals surface area contributed by atoms with Crippen LogP contribution in [0.2, 0.25) is 0 Å². The Labute approximate surface area is 75.6 Å². The number of nitrogens with one attached hydrogen (secondary N) is 1. The largest absolute Gasteiger partial charge is 0.480 e. The van der Waals surface area contributed by atoms with Gasteiger partial charge in [0.1, 0.15) is 11.8 Å². The molecule has 0 saturated carbocycles. The van der Waals surface area contributed by atoms with Crippen LogP contribution in [0.1, 0.15) is 18.1 Å². The molecule has 0 spiro atoms. The summed E-state index contributed by atoms with van der Waals surface area (Å²) in [6.45, 7) is 0.685. The van der Waals surface area contributed by atoms with Gasteiger partial charge >= 0.3 is 5.97 Å². The maximum atomic E-state index is 10.6. The highest BCUT2D eigenvalue weighted by Gasteiger charge is 2.31. The first kappa shape index (κ1) is 8.31. The van der Waals surface area contributed by atoms with Gasteiger partial charge in [-0.25, -0.2) is 0 Å². The zero-order valence-electron chi connectivity index (χ0n) is 7.06. The van der Waals surface area contributed by atoms with Gasteiger partial charge in [0.05, 0.1) is 6.26 Å². The molecule has 2 N–H and O–H groups in total. The minimum atomic E-state index is -0.783. The van der Waals surface area contributed by atoms with Crippen molar-refractivity contribution in [3.8, 4) is 0 Å². The Morgan fingerprint density at radius 1 is 1.69 bits per heavy atom. The number of hydrogen-bond donors (Lipinski definition) is 2. The lowest BCUT2D eigenvalue weighted by Crippen LogP contribution is -2.29. The monoisotopic (exact) mass is 181 g/mol. The van der Waals surface area contributed by atoms with Gasteiger partial charge in [0.15, 0.2) is 0 Å². The zero-order chi connectivity index (χ0) is 9.26. The summed E-state index contributed by atoms with van der Waals surface area (Å²) in [5, 5.41) is 11.7. The van der Waals surface area contributed by atoms with Crippen LogP contribution in [0.5, 0.6) is 0 Å². The highest BCUT2D eigenvalue weighted by atomic mass is 16.4. The Morgan fingerprint density at radius 3 is 3.08 bits per heavy atom. The topological polar surface area (TPSA) is 62.5 Å². The van der Waals surface area contributed by atoms with Crippen LogP contribution in [0.3, 0.4) is 0 Å². The second kappa shape index (κ2) is 3.22. The summed E-state index contributed by atoms with van der Waals surface area (Å²) in [7, 11) is 0. The third-order valence-electron chi connectivity index (χ3n) is 2.37. The number of carbonyl (C=O) groups is 1. The molecule has 0 bridgehead atoms. The molecule has 0 aromatic carbocycles. The lowest BCUT2D eigenvalue weighted by Gasteiger charge is -2.03. The van der Waals surface area contributed by atoms with E-state index in [4.69, 9.17) is 9.52 Å². The van der Waals surface area contributed by atoms with Gasteiger partial charge < -0.3 is 14.8 Å². The number of hydrogen-bond acceptors (Lipinski definition) is 3. The van der Waals surface area contributed by atoms with Crippen molar-refractivity contribution >= 4 is 5.97 Å². The molecule has 0 amide bonds. The number of rotatable bonds is 2. The fourth-order valence-electron chi connectivity index (χ4n) is 1.66. The van der Waals surface area contributed by atoms with Gasteiger partial charge in [-0.15, -0.1) is 0 Å². The lowest BCUT2D eigenvalue weighted by atomic mass is 10.0. The van der Waals surface area contributed by atoms with Crippen LogP contribution in [-0.4, -0.2) is 23.7 Å². The molecular formula is C9H11NO3. The summed E-state index contributed by atoms with van der Waals surface area (Å²) in [6.07, 6.45) is 2.23. The van der Waals surface area contributed by atoms with Crippen molar-refractivity contribution in [1.82, 2.24) is 5.32 Å². The lowest BCUT2D eigenvalue weighted by molar-refractivity contribution is -0.139. The fraction of sp³-hybridized carbons (Fsp3) is 0.444. The SMILES string of the molecule is O=C(O)C1CC(c2ccco2)CN1. The molecule has 2 rings (SSSR count). The summed E-state index contributed by atoms with van der Waals surface area (Å²) < 4.78 is 5.21. The van der Waals surface area contributed by atoms with E-state index >= 15 is 0 Å². The van der Waals surface area contributed by atoms with Gasteiger partial charge in [-0.3, -0.25) is 4.79 Å². The standard InChI is InChI=1S/C9H11NO3/c11-9(12)7-4-6(5-10-7)8-2-1-3-13-8/h1-3,6-7,10H,4-5H2,(H,11,12). The first-order chi connectivity index (χ1) is 6.27. The Hall–Kier alpha value is -1.29. The van der Waals surface area contributed by atoms with Crippen LogP contribution in [0.15, 0.2) is 22.8 Å². The van der Waals surface area contributed by atoms with E-state index < -0.39 is 12.0 Å². The van der Waals surface area contributed by atoms with Crippen molar-refractivity contribution in [2.45, 2.75) is 18.4 Å². The minimum absolute atomic E-state index is 0.205. The van der Waals surface area contributed by atoms with Gasteiger partial charge in [-0.1, -0.05) is 0 Å². The second-order valence-corrected chi connectivity index (χ2v) is 3.25. The summed E-state index contributed by atoms with van der Waals surface area (Å²) in [6, 6.07) is 3.29. The Morgan fingerprint density at radius 2 is 2.54 bits per heavy atom. The van der Waals surface area contributed by atoms with Crippen LogP contribution in [0, 0.1) is 0 Å². The van der Waals surface area contributed by atoms with E-state index in [0.717, 1.165) is 5.76 Å². The summed E-state index contributed by atoms with van der Waals surface area (Å²) in [5.74, 6) is 0.293. The van der Waals surface area contributed by atoms with Gasteiger partial charge in [0.2, 0.25) is 0 Å². The van der Waals surface area contributed by atoms with E-state index in [0.29, 0.717) is 13.0 Å². The molecule has 1 aromatic rings. The number of carboxylic acid groups (broad SMARTS) is 1. The van der Waals surface area contributed by atoms with Crippen molar-refractivity contribution in [2.24, 2.45) is 0 Å². The van der Waals surface area contributed by atoms with Gasteiger partial charge in [-0.05, 0) is 18.6 Å². The van der Waals surface area contributed by atoms with Crippen molar-refractivity contribution < 1.29 is 14.3 Å². The third kappa shape index (κ3) is 1.58. The molecule has 1 aromatic heterocycles. The highest BCUT2D eigenvalue weighted by molar-refractivity contribution is 5.74. The normalized spacial score (nSPS) is 27.7. The quantitative estimate of drug-likeness (QED) is 0.708. The van der Waals surface area contributed by atoms with E-state index in [1.807, 2.05) is 12.1 Å². The third-order valence-corrected chi connectivity index (χ3v) is 2.37. The summed E-state index contributed by atoms with van der Waals surface area (Å²) in [4.78, 5) is 10.6. The average molecular weight is 181 g/mol. The highest BCUT2D eigenvalue weighted by Crippen LogP contribution is 2.25. The van der Waals surface area contributed by atoms with Gasteiger partial charge in [0, 0.05) is 12.5 Å². The molecule has 2 heterocycles. The number of carboxylic acids is 1. The van der Waals surface area contributed by atoms with Crippen LogP contribution < -0.4 is 5.32 Å². The molecule has 0 radical (unpaired) electrons. The van der Waals surface area contributed by atoms with Crippen molar-refractivity contribution in [2.75, 3.05) is 6.54 Å².